The third-order valence-electron chi connectivity index (χ3n) is 4.89. The Morgan fingerprint density at radius 1 is 1.37 bits per heavy atom. The van der Waals surface area contributed by atoms with Crippen molar-refractivity contribution in [2.75, 3.05) is 6.54 Å². The van der Waals surface area contributed by atoms with E-state index in [4.69, 9.17) is 0 Å². The third-order valence-corrected chi connectivity index (χ3v) is 4.89. The van der Waals surface area contributed by atoms with E-state index in [1.54, 1.807) is 11.1 Å². The van der Waals surface area contributed by atoms with Crippen LogP contribution in [0.1, 0.15) is 53.4 Å². The minimum absolute atomic E-state index is 0.0916. The molecule has 1 N–H and O–H groups in total. The van der Waals surface area contributed by atoms with E-state index in [0.29, 0.717) is 12.5 Å². The minimum Gasteiger partial charge on any atom is -0.353 e. The van der Waals surface area contributed by atoms with Gasteiger partial charge in [0.15, 0.2) is 0 Å². The van der Waals surface area contributed by atoms with Crippen LogP contribution in [-0.2, 0) is 4.79 Å². The molecule has 0 aromatic carbocycles. The molecule has 106 valence electrons. The molecule has 3 unspecified atom stereocenters. The van der Waals surface area contributed by atoms with Gasteiger partial charge in [-0.2, -0.15) is 0 Å². The Bertz CT molecular complexity index is 419. The minimum atomic E-state index is 0.0916. The first-order chi connectivity index (χ1) is 9.04. The second-order valence-electron chi connectivity index (χ2n) is 6.25. The summed E-state index contributed by atoms with van der Waals surface area (Å²) in [6.45, 7) is 9.29. The van der Waals surface area contributed by atoms with Crippen molar-refractivity contribution in [3.63, 3.8) is 0 Å². The number of carbonyl (C=O) groups is 1. The predicted molar refractivity (Wildman–Crippen MR) is 79.8 cm³/mol. The number of likely N-dealkylation sites (N-methyl/N-ethyl adjacent to an activating group) is 1. The molecule has 0 saturated heterocycles. The first-order valence-corrected chi connectivity index (χ1v) is 7.70. The van der Waals surface area contributed by atoms with E-state index < -0.39 is 0 Å². The first kappa shape index (κ1) is 14.4. The van der Waals surface area contributed by atoms with E-state index in [1.165, 1.54) is 25.7 Å². The van der Waals surface area contributed by atoms with Crippen molar-refractivity contribution in [3.05, 3.63) is 22.8 Å². The molecular weight excluding hydrogens is 234 g/mol. The molecule has 3 atom stereocenters. The van der Waals surface area contributed by atoms with Crippen molar-refractivity contribution in [2.24, 2.45) is 17.8 Å². The molecule has 1 amide bonds. The molecule has 0 heterocycles. The smallest absolute Gasteiger partial charge is 0.246 e. The molecule has 2 aliphatic rings. The maximum absolute atomic E-state index is 11.9. The maximum atomic E-state index is 11.9. The molecule has 2 nitrogen and oxygen atoms in total. The molecule has 19 heavy (non-hydrogen) atoms. The number of rotatable bonds is 3. The van der Waals surface area contributed by atoms with Gasteiger partial charge in [-0.1, -0.05) is 24.1 Å². The SMILES string of the molecule is CCNC(=O)C(C)=CC1CCC(C)C2CCC(C)=C12. The number of allylic oxidation sites excluding steroid dienone is 3. The van der Waals surface area contributed by atoms with Crippen molar-refractivity contribution in [3.8, 4) is 0 Å². The van der Waals surface area contributed by atoms with E-state index in [9.17, 15) is 4.79 Å². The zero-order valence-corrected chi connectivity index (χ0v) is 12.8. The Labute approximate surface area is 117 Å². The highest BCUT2D eigenvalue weighted by Crippen LogP contribution is 2.48. The molecule has 1 fully saturated rings. The fraction of sp³-hybridized carbons (Fsp3) is 0.706. The van der Waals surface area contributed by atoms with Gasteiger partial charge in [0.25, 0.3) is 0 Å². The highest BCUT2D eigenvalue weighted by molar-refractivity contribution is 5.92. The van der Waals surface area contributed by atoms with Gasteiger partial charge in [-0.05, 0) is 64.2 Å². The average Bonchev–Trinajstić information content (AvgIpc) is 2.76. The normalized spacial score (nSPS) is 31.4. The van der Waals surface area contributed by atoms with E-state index in [1.807, 2.05) is 13.8 Å². The number of hydrogen-bond donors (Lipinski definition) is 1. The average molecular weight is 261 g/mol. The van der Waals surface area contributed by atoms with Crippen LogP contribution in [0.2, 0.25) is 0 Å². The Morgan fingerprint density at radius 3 is 2.79 bits per heavy atom. The van der Waals surface area contributed by atoms with E-state index in [2.05, 4.69) is 25.2 Å². The molecule has 0 bridgehead atoms. The first-order valence-electron chi connectivity index (χ1n) is 7.70. The monoisotopic (exact) mass is 261 g/mol. The largest absolute Gasteiger partial charge is 0.353 e. The van der Waals surface area contributed by atoms with Gasteiger partial charge in [0.05, 0.1) is 0 Å². The fourth-order valence-electron chi connectivity index (χ4n) is 3.82. The van der Waals surface area contributed by atoms with Gasteiger partial charge < -0.3 is 5.32 Å². The summed E-state index contributed by atoms with van der Waals surface area (Å²) in [6.07, 6.45) is 7.31. The van der Waals surface area contributed by atoms with Crippen LogP contribution in [0, 0.1) is 17.8 Å². The van der Waals surface area contributed by atoms with Crippen LogP contribution < -0.4 is 5.32 Å². The van der Waals surface area contributed by atoms with Crippen LogP contribution in [-0.4, -0.2) is 12.5 Å². The van der Waals surface area contributed by atoms with Gasteiger partial charge in [0, 0.05) is 12.1 Å². The van der Waals surface area contributed by atoms with E-state index in [-0.39, 0.29) is 5.91 Å². The lowest BCUT2D eigenvalue weighted by atomic mass is 9.71. The van der Waals surface area contributed by atoms with Gasteiger partial charge in [0.2, 0.25) is 5.91 Å². The molecule has 2 heteroatoms. The van der Waals surface area contributed by atoms with E-state index in [0.717, 1.165) is 17.4 Å². The highest BCUT2D eigenvalue weighted by atomic mass is 16.1. The Hall–Kier alpha value is -1.05. The fourth-order valence-corrected chi connectivity index (χ4v) is 3.82. The van der Waals surface area contributed by atoms with Crippen LogP contribution in [0.25, 0.3) is 0 Å². The van der Waals surface area contributed by atoms with Gasteiger partial charge in [-0.3, -0.25) is 4.79 Å². The van der Waals surface area contributed by atoms with Crippen molar-refractivity contribution in [1.29, 1.82) is 0 Å². The zero-order chi connectivity index (χ0) is 14.0. The van der Waals surface area contributed by atoms with Crippen molar-refractivity contribution in [2.45, 2.75) is 53.4 Å². The second kappa shape index (κ2) is 5.94. The summed E-state index contributed by atoms with van der Waals surface area (Å²) in [7, 11) is 0. The standard InChI is InChI=1S/C17H27NO/c1-5-18-17(19)13(4)10-14-8-6-11(2)15-9-7-12(3)16(14)15/h10-11,14-15H,5-9H2,1-4H3,(H,18,19). The third kappa shape index (κ3) is 2.93. The summed E-state index contributed by atoms with van der Waals surface area (Å²) in [5.74, 6) is 2.19. The summed E-state index contributed by atoms with van der Waals surface area (Å²) in [6, 6.07) is 0. The number of nitrogens with one attached hydrogen (secondary N) is 1. The Kier molecular flexibility index (Phi) is 4.49. The van der Waals surface area contributed by atoms with Crippen molar-refractivity contribution < 1.29 is 4.79 Å². The van der Waals surface area contributed by atoms with Crippen molar-refractivity contribution in [1.82, 2.24) is 5.32 Å². The molecule has 2 rings (SSSR count). The second-order valence-corrected chi connectivity index (χ2v) is 6.25. The quantitative estimate of drug-likeness (QED) is 0.607. The topological polar surface area (TPSA) is 29.1 Å². The van der Waals surface area contributed by atoms with Crippen LogP contribution in [0.3, 0.4) is 0 Å². The molecule has 0 aliphatic heterocycles. The van der Waals surface area contributed by atoms with Gasteiger partial charge in [-0.15, -0.1) is 0 Å². The number of amides is 1. The van der Waals surface area contributed by atoms with Crippen LogP contribution in [0.5, 0.6) is 0 Å². The number of hydrogen-bond acceptors (Lipinski definition) is 1. The van der Waals surface area contributed by atoms with Gasteiger partial charge in [0.1, 0.15) is 0 Å². The number of carbonyl (C=O) groups excluding carboxylic acids is 1. The zero-order valence-electron chi connectivity index (χ0n) is 12.8. The molecular formula is C17H27NO. The van der Waals surface area contributed by atoms with E-state index >= 15 is 0 Å². The molecule has 0 radical (unpaired) electrons. The summed E-state index contributed by atoms with van der Waals surface area (Å²) in [5.41, 5.74) is 4.12. The summed E-state index contributed by atoms with van der Waals surface area (Å²) < 4.78 is 0. The van der Waals surface area contributed by atoms with Gasteiger partial charge >= 0.3 is 0 Å². The molecule has 0 aromatic rings. The Morgan fingerprint density at radius 2 is 2.11 bits per heavy atom. The lowest BCUT2D eigenvalue weighted by Gasteiger charge is -2.34. The lowest BCUT2D eigenvalue weighted by Crippen LogP contribution is -2.26. The lowest BCUT2D eigenvalue weighted by molar-refractivity contribution is -0.117. The van der Waals surface area contributed by atoms with Crippen LogP contribution in [0.4, 0.5) is 0 Å². The number of fused-ring (bicyclic) bond motifs is 1. The van der Waals surface area contributed by atoms with Crippen LogP contribution in [0.15, 0.2) is 22.8 Å². The summed E-state index contributed by atoms with van der Waals surface area (Å²) >= 11 is 0. The molecule has 1 saturated carbocycles. The molecule has 0 aromatic heterocycles. The highest BCUT2D eigenvalue weighted by Gasteiger charge is 2.35. The van der Waals surface area contributed by atoms with Gasteiger partial charge in [-0.25, -0.2) is 0 Å². The summed E-state index contributed by atoms with van der Waals surface area (Å²) in [5, 5.41) is 2.89. The molecule has 2 aliphatic carbocycles. The Balaban J connectivity index is 2.18. The van der Waals surface area contributed by atoms with Crippen molar-refractivity contribution >= 4 is 5.91 Å². The predicted octanol–water partition coefficient (Wildman–Crippen LogP) is 3.84. The molecule has 0 spiro atoms. The maximum Gasteiger partial charge on any atom is 0.246 e. The summed E-state index contributed by atoms with van der Waals surface area (Å²) in [4.78, 5) is 11.9. The van der Waals surface area contributed by atoms with Crippen LogP contribution >= 0.6 is 0 Å².